The molecule has 0 unspecified atom stereocenters. The number of carbonyl (C=O) groups excluding carboxylic acids is 1. The minimum Gasteiger partial charge on any atom is -0.321 e. The molecule has 3 aromatic carbocycles. The van der Waals surface area contributed by atoms with Gasteiger partial charge in [0.25, 0.3) is 5.91 Å². The highest BCUT2D eigenvalue weighted by Gasteiger charge is 2.12. The van der Waals surface area contributed by atoms with Gasteiger partial charge in [0.05, 0.1) is 0 Å². The lowest BCUT2D eigenvalue weighted by Crippen LogP contribution is -2.13. The third-order valence-corrected chi connectivity index (χ3v) is 4.75. The molecule has 0 aliphatic rings. The normalized spacial score (nSPS) is 11.0. The van der Waals surface area contributed by atoms with E-state index in [2.05, 4.69) is 5.32 Å². The molecule has 0 bridgehead atoms. The fourth-order valence-electron chi connectivity index (χ4n) is 2.73. The molecule has 3 aromatic rings. The number of carbonyl (C=O) groups is 1. The Labute approximate surface area is 173 Å². The van der Waals surface area contributed by atoms with Gasteiger partial charge in [0, 0.05) is 15.7 Å². The minimum atomic E-state index is -0.475. The Bertz CT molecular complexity index is 1070. The second kappa shape index (κ2) is 9.23. The van der Waals surface area contributed by atoms with Crippen molar-refractivity contribution in [2.24, 2.45) is 0 Å². The van der Waals surface area contributed by atoms with Crippen LogP contribution in [0.4, 0.5) is 5.69 Å². The Morgan fingerprint density at radius 2 is 1.68 bits per heavy atom. The largest absolute Gasteiger partial charge is 0.321 e. The molecule has 0 radical (unpaired) electrons. The molecule has 28 heavy (non-hydrogen) atoms. The van der Waals surface area contributed by atoms with Crippen molar-refractivity contribution >= 4 is 40.9 Å². The number of nitrogens with zero attached hydrogens (tertiary/aromatic N) is 1. The molecular formula is C23H16Cl2N2O. The molecule has 0 aliphatic carbocycles. The van der Waals surface area contributed by atoms with Crippen molar-refractivity contribution < 1.29 is 4.79 Å². The Hall–Kier alpha value is -3.06. The standard InChI is InChI=1S/C23H16Cl2N2O/c24-20-11-10-16(12-17-6-4-5-9-22(17)25)18(14-20)13-19(15-26)23(28)27-21-7-2-1-3-8-21/h1-11,13-14H,12H2,(H,27,28)/b19-13+. The molecule has 0 spiro atoms. The Morgan fingerprint density at radius 3 is 2.39 bits per heavy atom. The van der Waals surface area contributed by atoms with Crippen LogP contribution in [0.2, 0.25) is 10.0 Å². The summed E-state index contributed by atoms with van der Waals surface area (Å²) in [6.07, 6.45) is 2.11. The Kier molecular flexibility index (Phi) is 6.49. The first kappa shape index (κ1) is 19.7. The van der Waals surface area contributed by atoms with E-state index in [4.69, 9.17) is 23.2 Å². The van der Waals surface area contributed by atoms with Gasteiger partial charge in [-0.2, -0.15) is 5.26 Å². The number of anilines is 1. The first-order valence-corrected chi connectivity index (χ1v) is 9.32. The van der Waals surface area contributed by atoms with Crippen LogP contribution >= 0.6 is 23.2 Å². The molecule has 0 saturated carbocycles. The number of hydrogen-bond acceptors (Lipinski definition) is 2. The van der Waals surface area contributed by atoms with Gasteiger partial charge in [-0.1, -0.05) is 65.7 Å². The van der Waals surface area contributed by atoms with E-state index < -0.39 is 5.91 Å². The van der Waals surface area contributed by atoms with Crippen LogP contribution in [-0.4, -0.2) is 5.91 Å². The summed E-state index contributed by atoms with van der Waals surface area (Å²) >= 11 is 12.4. The van der Waals surface area contributed by atoms with Crippen LogP contribution in [0.1, 0.15) is 16.7 Å². The molecule has 0 heterocycles. The maximum atomic E-state index is 12.5. The summed E-state index contributed by atoms with van der Waals surface area (Å²) in [4.78, 5) is 12.5. The van der Waals surface area contributed by atoms with E-state index in [0.29, 0.717) is 27.7 Å². The predicted octanol–water partition coefficient (Wildman–Crippen LogP) is 6.13. The molecule has 0 aliphatic heterocycles. The molecule has 0 aromatic heterocycles. The summed E-state index contributed by atoms with van der Waals surface area (Å²) in [7, 11) is 0. The average molecular weight is 407 g/mol. The van der Waals surface area contributed by atoms with Crippen LogP contribution in [0.15, 0.2) is 78.4 Å². The van der Waals surface area contributed by atoms with Crippen LogP contribution in [0.25, 0.3) is 6.08 Å². The monoisotopic (exact) mass is 406 g/mol. The first-order valence-electron chi connectivity index (χ1n) is 8.57. The molecule has 1 amide bonds. The lowest BCUT2D eigenvalue weighted by molar-refractivity contribution is -0.112. The second-order valence-corrected chi connectivity index (χ2v) is 6.94. The third kappa shape index (κ3) is 5.01. The van der Waals surface area contributed by atoms with Gasteiger partial charge in [0.1, 0.15) is 11.6 Å². The summed E-state index contributed by atoms with van der Waals surface area (Å²) in [5.74, 6) is -0.475. The van der Waals surface area contributed by atoms with Crippen molar-refractivity contribution in [1.82, 2.24) is 0 Å². The van der Waals surface area contributed by atoms with Gasteiger partial charge in [0.2, 0.25) is 0 Å². The zero-order valence-corrected chi connectivity index (χ0v) is 16.3. The maximum absolute atomic E-state index is 12.5. The molecular weight excluding hydrogens is 391 g/mol. The lowest BCUT2D eigenvalue weighted by atomic mass is 9.98. The van der Waals surface area contributed by atoms with Crippen molar-refractivity contribution in [3.63, 3.8) is 0 Å². The quantitative estimate of drug-likeness (QED) is 0.409. The van der Waals surface area contributed by atoms with Crippen molar-refractivity contribution in [2.75, 3.05) is 5.32 Å². The van der Waals surface area contributed by atoms with E-state index in [1.54, 1.807) is 30.3 Å². The summed E-state index contributed by atoms with van der Waals surface area (Å²) in [5.41, 5.74) is 3.18. The van der Waals surface area contributed by atoms with Gasteiger partial charge >= 0.3 is 0 Å². The molecule has 1 N–H and O–H groups in total. The molecule has 0 saturated heterocycles. The van der Waals surface area contributed by atoms with Crippen LogP contribution in [0.5, 0.6) is 0 Å². The summed E-state index contributed by atoms with van der Waals surface area (Å²) in [6.45, 7) is 0. The van der Waals surface area contributed by atoms with Crippen molar-refractivity contribution in [3.05, 3.63) is 105 Å². The second-order valence-electron chi connectivity index (χ2n) is 6.10. The Morgan fingerprint density at radius 1 is 0.964 bits per heavy atom. The van der Waals surface area contributed by atoms with Gasteiger partial charge in [-0.05, 0) is 59.5 Å². The number of nitriles is 1. The maximum Gasteiger partial charge on any atom is 0.266 e. The van der Waals surface area contributed by atoms with Gasteiger partial charge in [-0.3, -0.25) is 4.79 Å². The fourth-order valence-corrected chi connectivity index (χ4v) is 3.12. The van der Waals surface area contributed by atoms with Crippen LogP contribution < -0.4 is 5.32 Å². The van der Waals surface area contributed by atoms with Gasteiger partial charge < -0.3 is 5.32 Å². The number of para-hydroxylation sites is 1. The topological polar surface area (TPSA) is 52.9 Å². The number of halogens is 2. The van der Waals surface area contributed by atoms with Crippen LogP contribution in [-0.2, 0) is 11.2 Å². The number of nitrogens with one attached hydrogen (secondary N) is 1. The summed E-state index contributed by atoms with van der Waals surface area (Å²) < 4.78 is 0. The highest BCUT2D eigenvalue weighted by atomic mass is 35.5. The van der Waals surface area contributed by atoms with Gasteiger partial charge in [-0.25, -0.2) is 0 Å². The van der Waals surface area contributed by atoms with Crippen molar-refractivity contribution in [3.8, 4) is 6.07 Å². The van der Waals surface area contributed by atoms with Gasteiger partial charge in [0.15, 0.2) is 0 Å². The van der Waals surface area contributed by atoms with E-state index in [1.165, 1.54) is 0 Å². The van der Waals surface area contributed by atoms with E-state index >= 15 is 0 Å². The average Bonchev–Trinajstić information content (AvgIpc) is 2.70. The molecule has 0 fully saturated rings. The van der Waals surface area contributed by atoms with Crippen molar-refractivity contribution in [1.29, 1.82) is 5.26 Å². The van der Waals surface area contributed by atoms with Crippen LogP contribution in [0, 0.1) is 11.3 Å². The lowest BCUT2D eigenvalue weighted by Gasteiger charge is -2.10. The SMILES string of the molecule is N#C/C(=C\c1cc(Cl)ccc1Cc1ccccc1Cl)C(=O)Nc1ccccc1. The van der Waals surface area contributed by atoms with E-state index in [-0.39, 0.29) is 5.57 Å². The minimum absolute atomic E-state index is 0.00784. The van der Waals surface area contributed by atoms with Crippen LogP contribution in [0.3, 0.4) is 0 Å². The molecule has 3 rings (SSSR count). The number of amides is 1. The molecule has 138 valence electrons. The zero-order valence-electron chi connectivity index (χ0n) is 14.8. The summed E-state index contributed by atoms with van der Waals surface area (Å²) in [5, 5.41) is 13.4. The highest BCUT2D eigenvalue weighted by molar-refractivity contribution is 6.31. The zero-order chi connectivity index (χ0) is 19.9. The number of rotatable bonds is 5. The molecule has 0 atom stereocenters. The number of hydrogen-bond donors (Lipinski definition) is 1. The summed E-state index contributed by atoms with van der Waals surface area (Å²) in [6, 6.07) is 23.9. The Balaban J connectivity index is 1.92. The number of benzene rings is 3. The molecule has 3 nitrogen and oxygen atoms in total. The fraction of sp³-hybridized carbons (Fsp3) is 0.0435. The highest BCUT2D eigenvalue weighted by Crippen LogP contribution is 2.25. The predicted molar refractivity (Wildman–Crippen MR) is 114 cm³/mol. The molecule has 5 heteroatoms. The third-order valence-electron chi connectivity index (χ3n) is 4.14. The first-order chi connectivity index (χ1) is 13.6. The van der Waals surface area contributed by atoms with E-state index in [0.717, 1.165) is 11.1 Å². The van der Waals surface area contributed by atoms with E-state index in [9.17, 15) is 10.1 Å². The van der Waals surface area contributed by atoms with E-state index in [1.807, 2.05) is 54.6 Å². The smallest absolute Gasteiger partial charge is 0.266 e. The van der Waals surface area contributed by atoms with Gasteiger partial charge in [-0.15, -0.1) is 0 Å². The van der Waals surface area contributed by atoms with Crippen molar-refractivity contribution in [2.45, 2.75) is 6.42 Å².